The van der Waals surface area contributed by atoms with Gasteiger partial charge in [0, 0.05) is 5.69 Å². The highest BCUT2D eigenvalue weighted by molar-refractivity contribution is 8.00. The minimum atomic E-state index is -0.530. The number of nitrogens with one attached hydrogen (secondary N) is 1. The summed E-state index contributed by atoms with van der Waals surface area (Å²) in [5.41, 5.74) is 1.62. The minimum Gasteiger partial charge on any atom is -0.325 e. The van der Waals surface area contributed by atoms with Crippen molar-refractivity contribution in [2.45, 2.75) is 17.3 Å². The summed E-state index contributed by atoms with van der Waals surface area (Å²) in [4.78, 5) is 30.7. The average molecular weight is 470 g/mol. The van der Waals surface area contributed by atoms with Gasteiger partial charge in [-0.05, 0) is 49.4 Å². The topological polar surface area (TPSA) is 64.0 Å². The van der Waals surface area contributed by atoms with Gasteiger partial charge in [0.2, 0.25) is 5.91 Å². The van der Waals surface area contributed by atoms with Gasteiger partial charge in [-0.3, -0.25) is 14.2 Å². The monoisotopic (exact) mass is 469 g/mol. The number of aromatic nitrogens is 2. The third kappa shape index (κ3) is 4.61. The predicted molar refractivity (Wildman–Crippen MR) is 128 cm³/mol. The Morgan fingerprint density at radius 1 is 1.00 bits per heavy atom. The van der Waals surface area contributed by atoms with Crippen LogP contribution in [0.3, 0.4) is 0 Å². The van der Waals surface area contributed by atoms with Crippen molar-refractivity contribution in [3.63, 3.8) is 0 Å². The second-order valence-electron chi connectivity index (χ2n) is 6.77. The van der Waals surface area contributed by atoms with Crippen molar-refractivity contribution in [2.24, 2.45) is 0 Å². The molecule has 31 heavy (non-hydrogen) atoms. The van der Waals surface area contributed by atoms with E-state index in [1.165, 1.54) is 16.3 Å². The van der Waals surface area contributed by atoms with E-state index in [0.717, 1.165) is 0 Å². The molecule has 0 radical (unpaired) electrons. The first-order chi connectivity index (χ1) is 14.9. The van der Waals surface area contributed by atoms with Crippen LogP contribution in [0.5, 0.6) is 0 Å². The van der Waals surface area contributed by atoms with Crippen molar-refractivity contribution < 1.29 is 4.79 Å². The van der Waals surface area contributed by atoms with Gasteiger partial charge in [0.05, 0.1) is 31.9 Å². The lowest BCUT2D eigenvalue weighted by Crippen LogP contribution is -2.26. The first-order valence-corrected chi connectivity index (χ1v) is 11.1. The molecule has 4 rings (SSSR count). The van der Waals surface area contributed by atoms with Gasteiger partial charge in [0.25, 0.3) is 5.56 Å². The van der Waals surface area contributed by atoms with Crippen LogP contribution in [0.4, 0.5) is 5.69 Å². The molecule has 0 aliphatic carbocycles. The van der Waals surface area contributed by atoms with Crippen LogP contribution in [0.25, 0.3) is 16.6 Å². The van der Waals surface area contributed by atoms with Crippen molar-refractivity contribution in [1.29, 1.82) is 0 Å². The molecule has 1 N–H and O–H groups in total. The van der Waals surface area contributed by atoms with Crippen molar-refractivity contribution in [3.8, 4) is 5.69 Å². The molecule has 0 fully saturated rings. The van der Waals surface area contributed by atoms with Crippen LogP contribution in [-0.4, -0.2) is 20.7 Å². The standard InChI is InChI=1S/C23H17Cl2N3O2S/c1-14(21(29)26-15-11-12-18(24)19(25)13-15)31-23-27-20-10-6-5-9-17(20)22(30)28(23)16-7-3-2-4-8-16/h2-14H,1H3,(H,26,29). The molecule has 0 bridgehead atoms. The number of halogens is 2. The van der Waals surface area contributed by atoms with Crippen LogP contribution in [-0.2, 0) is 4.79 Å². The van der Waals surface area contributed by atoms with Gasteiger partial charge >= 0.3 is 0 Å². The van der Waals surface area contributed by atoms with Crippen molar-refractivity contribution in [2.75, 3.05) is 5.32 Å². The Kier molecular flexibility index (Phi) is 6.32. The SMILES string of the molecule is CC(Sc1nc2ccccc2c(=O)n1-c1ccccc1)C(=O)Nc1ccc(Cl)c(Cl)c1. The highest BCUT2D eigenvalue weighted by Gasteiger charge is 2.20. The van der Waals surface area contributed by atoms with Gasteiger partial charge in [-0.15, -0.1) is 0 Å². The highest BCUT2D eigenvalue weighted by atomic mass is 35.5. The van der Waals surface area contributed by atoms with Gasteiger partial charge in [-0.2, -0.15) is 0 Å². The molecule has 0 spiro atoms. The quantitative estimate of drug-likeness (QED) is 0.295. The molecule has 5 nitrogen and oxygen atoms in total. The highest BCUT2D eigenvalue weighted by Crippen LogP contribution is 2.28. The maximum atomic E-state index is 13.2. The molecule has 4 aromatic rings. The smallest absolute Gasteiger partial charge is 0.266 e. The van der Waals surface area contributed by atoms with Crippen LogP contribution in [0, 0.1) is 0 Å². The molecule has 1 amide bonds. The molecule has 1 unspecified atom stereocenters. The lowest BCUT2D eigenvalue weighted by molar-refractivity contribution is -0.115. The van der Waals surface area contributed by atoms with E-state index in [1.807, 2.05) is 36.4 Å². The Morgan fingerprint density at radius 3 is 2.45 bits per heavy atom. The zero-order valence-corrected chi connectivity index (χ0v) is 18.7. The number of anilines is 1. The number of thioether (sulfide) groups is 1. The summed E-state index contributed by atoms with van der Waals surface area (Å²) in [6, 6.07) is 21.3. The number of carbonyl (C=O) groups excluding carboxylic acids is 1. The lowest BCUT2D eigenvalue weighted by Gasteiger charge is -2.16. The van der Waals surface area contributed by atoms with Crippen LogP contribution in [0.2, 0.25) is 10.0 Å². The summed E-state index contributed by atoms with van der Waals surface area (Å²) >= 11 is 13.2. The van der Waals surface area contributed by atoms with E-state index >= 15 is 0 Å². The summed E-state index contributed by atoms with van der Waals surface area (Å²) < 4.78 is 1.54. The van der Waals surface area contributed by atoms with Crippen LogP contribution >= 0.6 is 35.0 Å². The number of hydrogen-bond donors (Lipinski definition) is 1. The number of benzene rings is 3. The fourth-order valence-corrected chi connectivity index (χ4v) is 4.25. The molecule has 156 valence electrons. The molecule has 1 atom stereocenters. The number of rotatable bonds is 5. The summed E-state index contributed by atoms with van der Waals surface area (Å²) in [6.07, 6.45) is 0. The largest absolute Gasteiger partial charge is 0.325 e. The minimum absolute atomic E-state index is 0.184. The van der Waals surface area contributed by atoms with E-state index in [9.17, 15) is 9.59 Å². The number of carbonyl (C=O) groups is 1. The van der Waals surface area contributed by atoms with E-state index in [0.29, 0.717) is 37.5 Å². The number of hydrogen-bond acceptors (Lipinski definition) is 4. The summed E-state index contributed by atoms with van der Waals surface area (Å²) in [5.74, 6) is -0.245. The molecule has 0 aliphatic rings. The molecule has 0 saturated heterocycles. The van der Waals surface area contributed by atoms with Gasteiger partial charge < -0.3 is 5.32 Å². The normalized spacial score (nSPS) is 12.0. The van der Waals surface area contributed by atoms with Crippen LogP contribution in [0.1, 0.15) is 6.92 Å². The summed E-state index contributed by atoms with van der Waals surface area (Å²) in [5, 5.41) is 4.01. The zero-order valence-electron chi connectivity index (χ0n) is 16.4. The average Bonchev–Trinajstić information content (AvgIpc) is 2.77. The van der Waals surface area contributed by atoms with Gasteiger partial charge in [0.1, 0.15) is 0 Å². The summed E-state index contributed by atoms with van der Waals surface area (Å²) in [7, 11) is 0. The molecular formula is C23H17Cl2N3O2S. The Balaban J connectivity index is 1.69. The summed E-state index contributed by atoms with van der Waals surface area (Å²) in [6.45, 7) is 1.76. The molecule has 1 aromatic heterocycles. The Bertz CT molecular complexity index is 1330. The van der Waals surface area contributed by atoms with Crippen molar-refractivity contribution in [3.05, 3.63) is 93.2 Å². The van der Waals surface area contributed by atoms with E-state index in [4.69, 9.17) is 23.2 Å². The molecule has 1 heterocycles. The Hall–Kier alpha value is -2.80. The van der Waals surface area contributed by atoms with Crippen molar-refractivity contribution >= 4 is 57.5 Å². The van der Waals surface area contributed by atoms with Gasteiger partial charge in [-0.1, -0.05) is 65.3 Å². The van der Waals surface area contributed by atoms with E-state index in [2.05, 4.69) is 10.3 Å². The van der Waals surface area contributed by atoms with Gasteiger partial charge in [0.15, 0.2) is 5.16 Å². The van der Waals surface area contributed by atoms with E-state index < -0.39 is 5.25 Å². The second-order valence-corrected chi connectivity index (χ2v) is 8.89. The first-order valence-electron chi connectivity index (χ1n) is 9.44. The van der Waals surface area contributed by atoms with Crippen molar-refractivity contribution in [1.82, 2.24) is 9.55 Å². The van der Waals surface area contributed by atoms with Crippen LogP contribution in [0.15, 0.2) is 82.7 Å². The first kappa shape index (κ1) is 21.4. The fraction of sp³-hybridized carbons (Fsp3) is 0.0870. The second kappa shape index (κ2) is 9.14. The number of amides is 1. The van der Waals surface area contributed by atoms with Gasteiger partial charge in [-0.25, -0.2) is 4.98 Å². The van der Waals surface area contributed by atoms with E-state index in [-0.39, 0.29) is 11.5 Å². The molecule has 0 aliphatic heterocycles. The maximum Gasteiger partial charge on any atom is 0.266 e. The number of nitrogens with zero attached hydrogens (tertiary/aromatic N) is 2. The van der Waals surface area contributed by atoms with Crippen LogP contribution < -0.4 is 10.9 Å². The number of para-hydroxylation sites is 2. The lowest BCUT2D eigenvalue weighted by atomic mass is 10.2. The molecular weight excluding hydrogens is 453 g/mol. The number of fused-ring (bicyclic) bond motifs is 1. The third-order valence-electron chi connectivity index (χ3n) is 4.60. The molecule has 8 heteroatoms. The fourth-order valence-electron chi connectivity index (χ4n) is 3.03. The zero-order chi connectivity index (χ0) is 22.0. The Morgan fingerprint density at radius 2 is 1.71 bits per heavy atom. The molecule has 0 saturated carbocycles. The maximum absolute atomic E-state index is 13.2. The Labute approximate surface area is 193 Å². The molecule has 3 aromatic carbocycles. The van der Waals surface area contributed by atoms with E-state index in [1.54, 1.807) is 43.3 Å². The predicted octanol–water partition coefficient (Wildman–Crippen LogP) is 5.81. The third-order valence-corrected chi connectivity index (χ3v) is 6.39.